The van der Waals surface area contributed by atoms with Crippen LogP contribution in [0.5, 0.6) is 0 Å². The van der Waals surface area contributed by atoms with Gasteiger partial charge in [-0.3, -0.25) is 14.9 Å². The van der Waals surface area contributed by atoms with Crippen molar-refractivity contribution in [1.82, 2.24) is 0 Å². The first-order valence-electron chi connectivity index (χ1n) is 6.24. The summed E-state index contributed by atoms with van der Waals surface area (Å²) < 4.78 is 0. The molecule has 0 amide bonds. The third kappa shape index (κ3) is 2.03. The first kappa shape index (κ1) is 12.3. The summed E-state index contributed by atoms with van der Waals surface area (Å²) in [4.78, 5) is 23.5. The number of aldehydes is 1. The molecule has 3 rings (SSSR count). The van der Waals surface area contributed by atoms with Gasteiger partial charge in [0.2, 0.25) is 0 Å². The van der Waals surface area contributed by atoms with Gasteiger partial charge < -0.3 is 4.90 Å². The van der Waals surface area contributed by atoms with Crippen LogP contribution in [0.1, 0.15) is 21.5 Å². The molecule has 0 aliphatic carbocycles. The largest absolute Gasteiger partial charge is 0.362 e. The first-order chi connectivity index (χ1) is 9.69. The molecule has 100 valence electrons. The van der Waals surface area contributed by atoms with Crippen molar-refractivity contribution >= 4 is 17.7 Å². The predicted molar refractivity (Wildman–Crippen MR) is 74.8 cm³/mol. The van der Waals surface area contributed by atoms with Crippen molar-refractivity contribution in [3.8, 4) is 0 Å². The van der Waals surface area contributed by atoms with Crippen molar-refractivity contribution in [1.29, 1.82) is 0 Å². The van der Waals surface area contributed by atoms with E-state index in [-0.39, 0.29) is 5.69 Å². The van der Waals surface area contributed by atoms with E-state index in [1.807, 2.05) is 12.1 Å². The molecule has 0 spiro atoms. The van der Waals surface area contributed by atoms with Crippen LogP contribution in [-0.4, -0.2) is 11.2 Å². The molecular formula is C15H12N2O3. The molecule has 1 heterocycles. The van der Waals surface area contributed by atoms with Crippen molar-refractivity contribution < 1.29 is 9.72 Å². The summed E-state index contributed by atoms with van der Waals surface area (Å²) in [6.45, 7) is 1.43. The van der Waals surface area contributed by atoms with Gasteiger partial charge in [-0.1, -0.05) is 24.3 Å². The minimum Gasteiger partial charge on any atom is -0.362 e. The Morgan fingerprint density at radius 1 is 1.10 bits per heavy atom. The van der Waals surface area contributed by atoms with Gasteiger partial charge in [0.15, 0.2) is 6.29 Å². The molecule has 0 radical (unpaired) electrons. The van der Waals surface area contributed by atoms with Gasteiger partial charge in [-0.25, -0.2) is 0 Å². The van der Waals surface area contributed by atoms with Crippen LogP contribution in [0.25, 0.3) is 0 Å². The number of nitrogens with zero attached hydrogens (tertiary/aromatic N) is 2. The molecule has 0 unspecified atom stereocenters. The van der Waals surface area contributed by atoms with Gasteiger partial charge in [-0.05, 0) is 17.2 Å². The average molecular weight is 268 g/mol. The number of hydrogen-bond acceptors (Lipinski definition) is 4. The van der Waals surface area contributed by atoms with E-state index in [9.17, 15) is 14.9 Å². The molecule has 0 N–H and O–H groups in total. The van der Waals surface area contributed by atoms with Gasteiger partial charge in [0, 0.05) is 36.5 Å². The van der Waals surface area contributed by atoms with E-state index < -0.39 is 4.92 Å². The molecule has 5 nitrogen and oxygen atoms in total. The van der Waals surface area contributed by atoms with Crippen LogP contribution in [0.4, 0.5) is 11.4 Å². The standard InChI is InChI=1S/C15H12N2O3/c18-10-13-7-14(17(19)20)5-6-15(13)16-8-11-3-1-2-4-12(11)9-16/h1-7,10H,8-9H2. The molecule has 5 heteroatoms. The summed E-state index contributed by atoms with van der Waals surface area (Å²) in [5, 5.41) is 10.8. The fraction of sp³-hybridized carbons (Fsp3) is 0.133. The smallest absolute Gasteiger partial charge is 0.270 e. The lowest BCUT2D eigenvalue weighted by Crippen LogP contribution is -2.16. The van der Waals surface area contributed by atoms with E-state index in [1.165, 1.54) is 23.3 Å². The Labute approximate surface area is 115 Å². The molecule has 20 heavy (non-hydrogen) atoms. The average Bonchev–Trinajstić information content (AvgIpc) is 2.90. The quantitative estimate of drug-likeness (QED) is 0.487. The lowest BCUT2D eigenvalue weighted by atomic mass is 10.1. The van der Waals surface area contributed by atoms with Gasteiger partial charge >= 0.3 is 0 Å². The van der Waals surface area contributed by atoms with E-state index in [0.717, 1.165) is 18.8 Å². The van der Waals surface area contributed by atoms with Crippen molar-refractivity contribution in [2.24, 2.45) is 0 Å². The number of nitro benzene ring substituents is 1. The molecular weight excluding hydrogens is 256 g/mol. The van der Waals surface area contributed by atoms with Gasteiger partial charge in [-0.2, -0.15) is 0 Å². The summed E-state index contributed by atoms with van der Waals surface area (Å²) >= 11 is 0. The highest BCUT2D eigenvalue weighted by Gasteiger charge is 2.22. The predicted octanol–water partition coefficient (Wildman–Crippen LogP) is 2.93. The Morgan fingerprint density at radius 2 is 1.75 bits per heavy atom. The van der Waals surface area contributed by atoms with E-state index in [1.54, 1.807) is 6.07 Å². The molecule has 1 aliphatic rings. The Balaban J connectivity index is 1.96. The van der Waals surface area contributed by atoms with Crippen LogP contribution in [-0.2, 0) is 13.1 Å². The molecule has 0 bridgehead atoms. The number of hydrogen-bond donors (Lipinski definition) is 0. The number of nitro groups is 1. The molecule has 0 aromatic heterocycles. The molecule has 1 aliphatic heterocycles. The van der Waals surface area contributed by atoms with Crippen molar-refractivity contribution in [2.45, 2.75) is 13.1 Å². The topological polar surface area (TPSA) is 63.4 Å². The fourth-order valence-corrected chi connectivity index (χ4v) is 2.54. The lowest BCUT2D eigenvalue weighted by Gasteiger charge is -2.19. The van der Waals surface area contributed by atoms with E-state index in [2.05, 4.69) is 17.0 Å². The maximum Gasteiger partial charge on any atom is 0.270 e. The minimum absolute atomic E-state index is 0.0624. The second-order valence-corrected chi connectivity index (χ2v) is 4.74. The Hall–Kier alpha value is -2.69. The van der Waals surface area contributed by atoms with Crippen molar-refractivity contribution in [2.75, 3.05) is 4.90 Å². The van der Waals surface area contributed by atoms with Crippen LogP contribution >= 0.6 is 0 Å². The first-order valence-corrected chi connectivity index (χ1v) is 6.24. The summed E-state index contributed by atoms with van der Waals surface area (Å²) in [5.74, 6) is 0. The zero-order valence-corrected chi connectivity index (χ0v) is 10.7. The van der Waals surface area contributed by atoms with E-state index in [0.29, 0.717) is 11.8 Å². The summed E-state index contributed by atoms with van der Waals surface area (Å²) in [5.41, 5.74) is 3.48. The van der Waals surface area contributed by atoms with Crippen LogP contribution in [0.15, 0.2) is 42.5 Å². The second-order valence-electron chi connectivity index (χ2n) is 4.74. The third-order valence-corrected chi connectivity index (χ3v) is 3.53. The van der Waals surface area contributed by atoms with E-state index in [4.69, 9.17) is 0 Å². The molecule has 0 fully saturated rings. The third-order valence-electron chi connectivity index (χ3n) is 3.53. The summed E-state index contributed by atoms with van der Waals surface area (Å²) in [7, 11) is 0. The number of carbonyl (C=O) groups excluding carboxylic acids is 1. The van der Waals surface area contributed by atoms with Gasteiger partial charge in [-0.15, -0.1) is 0 Å². The highest BCUT2D eigenvalue weighted by atomic mass is 16.6. The summed E-state index contributed by atoms with van der Waals surface area (Å²) in [6, 6.07) is 12.5. The summed E-state index contributed by atoms with van der Waals surface area (Å²) in [6.07, 6.45) is 0.672. The highest BCUT2D eigenvalue weighted by molar-refractivity contribution is 5.86. The van der Waals surface area contributed by atoms with Crippen molar-refractivity contribution in [3.63, 3.8) is 0 Å². The Kier molecular flexibility index (Phi) is 2.95. The monoisotopic (exact) mass is 268 g/mol. The zero-order chi connectivity index (χ0) is 14.1. The Bertz CT molecular complexity index is 672. The lowest BCUT2D eigenvalue weighted by molar-refractivity contribution is -0.384. The van der Waals surface area contributed by atoms with Crippen LogP contribution in [0.2, 0.25) is 0 Å². The fourth-order valence-electron chi connectivity index (χ4n) is 2.54. The number of benzene rings is 2. The second kappa shape index (κ2) is 4.77. The molecule has 0 atom stereocenters. The maximum atomic E-state index is 11.2. The van der Waals surface area contributed by atoms with Crippen LogP contribution in [0.3, 0.4) is 0 Å². The Morgan fingerprint density at radius 3 is 2.30 bits per heavy atom. The van der Waals surface area contributed by atoms with Gasteiger partial charge in [0.25, 0.3) is 5.69 Å². The maximum absolute atomic E-state index is 11.2. The van der Waals surface area contributed by atoms with Gasteiger partial charge in [0.1, 0.15) is 0 Å². The number of anilines is 1. The number of non-ortho nitro benzene ring substituents is 1. The zero-order valence-electron chi connectivity index (χ0n) is 10.7. The normalized spacial score (nSPS) is 13.1. The minimum atomic E-state index is -0.491. The molecule has 2 aromatic carbocycles. The number of rotatable bonds is 3. The SMILES string of the molecule is O=Cc1cc([N+](=O)[O-])ccc1N1Cc2ccccc2C1. The molecule has 2 aromatic rings. The van der Waals surface area contributed by atoms with E-state index >= 15 is 0 Å². The number of fused-ring (bicyclic) bond motifs is 1. The van der Waals surface area contributed by atoms with Gasteiger partial charge in [0.05, 0.1) is 4.92 Å². The molecule has 0 saturated heterocycles. The van der Waals surface area contributed by atoms with Crippen LogP contribution < -0.4 is 4.90 Å². The van der Waals surface area contributed by atoms with Crippen molar-refractivity contribution in [3.05, 3.63) is 69.3 Å². The number of carbonyl (C=O) groups is 1. The highest BCUT2D eigenvalue weighted by Crippen LogP contribution is 2.31. The van der Waals surface area contributed by atoms with Crippen LogP contribution in [0, 0.1) is 10.1 Å². The molecule has 0 saturated carbocycles.